The molecule has 4 rings (SSSR count). The van der Waals surface area contributed by atoms with Gasteiger partial charge in [-0.15, -0.1) is 0 Å². The lowest BCUT2D eigenvalue weighted by Crippen LogP contribution is -2.33. The van der Waals surface area contributed by atoms with Crippen LogP contribution in [0.1, 0.15) is 18.2 Å². The van der Waals surface area contributed by atoms with Crippen molar-refractivity contribution < 1.29 is 13.9 Å². The fourth-order valence-electron chi connectivity index (χ4n) is 3.04. The second-order valence-corrected chi connectivity index (χ2v) is 6.57. The second kappa shape index (κ2) is 8.20. The molecule has 3 aromatic rings. The van der Waals surface area contributed by atoms with Crippen molar-refractivity contribution in [2.45, 2.75) is 13.8 Å². The van der Waals surface area contributed by atoms with Crippen molar-refractivity contribution in [1.29, 1.82) is 0 Å². The predicted octanol–water partition coefficient (Wildman–Crippen LogP) is 3.93. The van der Waals surface area contributed by atoms with Crippen LogP contribution in [0.4, 0.5) is 15.9 Å². The van der Waals surface area contributed by atoms with E-state index < -0.39 is 5.97 Å². The topological polar surface area (TPSA) is 80.5 Å². The van der Waals surface area contributed by atoms with Crippen LogP contribution in [0.2, 0.25) is 0 Å². The van der Waals surface area contributed by atoms with Crippen LogP contribution in [0.15, 0.2) is 65.3 Å². The molecular formula is C22H20FN5O2. The van der Waals surface area contributed by atoms with E-state index in [1.807, 2.05) is 37.3 Å². The summed E-state index contributed by atoms with van der Waals surface area (Å²) in [5, 5.41) is 10.7. The number of aryl methyl sites for hydroxylation is 1. The molecule has 0 amide bonds. The van der Waals surface area contributed by atoms with E-state index in [2.05, 4.69) is 20.7 Å². The second-order valence-electron chi connectivity index (χ2n) is 6.57. The third-order valence-corrected chi connectivity index (χ3v) is 4.44. The lowest BCUT2D eigenvalue weighted by Gasteiger charge is -2.13. The van der Waals surface area contributed by atoms with Gasteiger partial charge in [0.2, 0.25) is 5.96 Å². The Morgan fingerprint density at radius 3 is 2.60 bits per heavy atom. The van der Waals surface area contributed by atoms with Gasteiger partial charge in [0.1, 0.15) is 11.5 Å². The summed E-state index contributed by atoms with van der Waals surface area (Å²) >= 11 is 0. The number of fused-ring (bicyclic) bond motifs is 1. The molecule has 2 heterocycles. The van der Waals surface area contributed by atoms with Crippen LogP contribution < -0.4 is 10.6 Å². The van der Waals surface area contributed by atoms with Crippen molar-refractivity contribution in [2.75, 3.05) is 11.9 Å². The Kier molecular flexibility index (Phi) is 5.30. The van der Waals surface area contributed by atoms with Crippen molar-refractivity contribution >= 4 is 29.5 Å². The van der Waals surface area contributed by atoms with Crippen molar-refractivity contribution in [1.82, 2.24) is 15.1 Å². The number of aromatic nitrogens is 2. The van der Waals surface area contributed by atoms with Crippen molar-refractivity contribution in [3.05, 3.63) is 77.4 Å². The minimum Gasteiger partial charge on any atom is -0.461 e. The van der Waals surface area contributed by atoms with Crippen LogP contribution in [0.3, 0.4) is 0 Å². The number of carbonyl (C=O) groups excluding carboxylic acids is 1. The van der Waals surface area contributed by atoms with Crippen LogP contribution in [0, 0.1) is 12.7 Å². The summed E-state index contributed by atoms with van der Waals surface area (Å²) in [5.41, 5.74) is 3.07. The van der Waals surface area contributed by atoms with Gasteiger partial charge in [0.15, 0.2) is 5.82 Å². The normalized spacial score (nSPS) is 12.8. The van der Waals surface area contributed by atoms with Gasteiger partial charge in [0.25, 0.3) is 0 Å². The van der Waals surface area contributed by atoms with E-state index >= 15 is 0 Å². The van der Waals surface area contributed by atoms with Crippen molar-refractivity contribution in [2.24, 2.45) is 4.99 Å². The number of esters is 1. The smallest absolute Gasteiger partial charge is 0.354 e. The van der Waals surface area contributed by atoms with E-state index in [4.69, 9.17) is 4.74 Å². The molecule has 8 heteroatoms. The molecule has 0 atom stereocenters. The minimum atomic E-state index is -0.509. The number of halogens is 1. The highest BCUT2D eigenvalue weighted by Gasteiger charge is 2.23. The monoisotopic (exact) mass is 405 g/mol. The first-order chi connectivity index (χ1) is 14.5. The molecular weight excluding hydrogens is 385 g/mol. The standard InChI is InChI=1S/C22H20FN5O2/c1-3-30-21(29)19-13-18-14(2)27-28(17-7-5-4-6-8-17)20(18)26-22(25-19)24-16-11-9-15(23)10-12-16/h4-13H,3H2,1-2H3,(H2,24,25,26). The average molecular weight is 405 g/mol. The molecule has 2 aromatic carbocycles. The Bertz CT molecular complexity index is 1130. The quantitative estimate of drug-likeness (QED) is 0.643. The molecule has 0 saturated carbocycles. The van der Waals surface area contributed by atoms with Gasteiger partial charge < -0.3 is 15.4 Å². The largest absolute Gasteiger partial charge is 0.461 e. The van der Waals surface area contributed by atoms with Crippen LogP contribution in [-0.4, -0.2) is 28.3 Å². The van der Waals surface area contributed by atoms with E-state index in [0.717, 1.165) is 5.69 Å². The zero-order valence-electron chi connectivity index (χ0n) is 16.5. The third kappa shape index (κ3) is 3.93. The molecule has 0 bridgehead atoms. The number of benzene rings is 2. The Hall–Kier alpha value is -3.94. The number of para-hydroxylation sites is 1. The molecule has 0 radical (unpaired) electrons. The molecule has 30 heavy (non-hydrogen) atoms. The average Bonchev–Trinajstić information content (AvgIpc) is 2.93. The van der Waals surface area contributed by atoms with Crippen LogP contribution in [0.5, 0.6) is 0 Å². The molecule has 7 nitrogen and oxygen atoms in total. The highest BCUT2D eigenvalue weighted by Crippen LogP contribution is 2.30. The number of carbonyl (C=O) groups is 1. The Morgan fingerprint density at radius 1 is 1.17 bits per heavy atom. The number of anilines is 1. The number of hydrogen-bond donors (Lipinski definition) is 2. The number of rotatable bonds is 4. The molecule has 0 saturated heterocycles. The summed E-state index contributed by atoms with van der Waals surface area (Å²) in [6.07, 6.45) is 1.68. The third-order valence-electron chi connectivity index (χ3n) is 4.44. The summed E-state index contributed by atoms with van der Waals surface area (Å²) in [6, 6.07) is 15.4. The van der Waals surface area contributed by atoms with E-state index in [9.17, 15) is 9.18 Å². The molecule has 1 aromatic heterocycles. The summed E-state index contributed by atoms with van der Waals surface area (Å²) in [6.45, 7) is 3.83. The molecule has 0 fully saturated rings. The predicted molar refractivity (Wildman–Crippen MR) is 113 cm³/mol. The zero-order chi connectivity index (χ0) is 21.1. The SMILES string of the molecule is CCOC(=O)C1=Cc2c(C)nn(-c3ccccc3)c2N=C(Nc2ccc(F)cc2)N1. The Balaban J connectivity index is 1.82. The van der Waals surface area contributed by atoms with E-state index in [1.165, 1.54) is 12.1 Å². The number of hydrogen-bond acceptors (Lipinski definition) is 6. The van der Waals surface area contributed by atoms with Crippen LogP contribution >= 0.6 is 0 Å². The molecule has 152 valence electrons. The van der Waals surface area contributed by atoms with Gasteiger partial charge in [-0.2, -0.15) is 10.1 Å². The summed E-state index contributed by atoms with van der Waals surface area (Å²) in [4.78, 5) is 17.2. The molecule has 1 aliphatic rings. The Morgan fingerprint density at radius 2 is 1.90 bits per heavy atom. The number of guanidine groups is 1. The summed E-state index contributed by atoms with van der Waals surface area (Å²) in [7, 11) is 0. The lowest BCUT2D eigenvalue weighted by molar-refractivity contribution is -0.138. The maximum Gasteiger partial charge on any atom is 0.354 e. The first-order valence-corrected chi connectivity index (χ1v) is 9.47. The Labute approximate surface area is 172 Å². The fourth-order valence-corrected chi connectivity index (χ4v) is 3.04. The van der Waals surface area contributed by atoms with Gasteiger partial charge in [-0.1, -0.05) is 18.2 Å². The van der Waals surface area contributed by atoms with E-state index in [0.29, 0.717) is 22.8 Å². The van der Waals surface area contributed by atoms with E-state index in [1.54, 1.807) is 29.8 Å². The van der Waals surface area contributed by atoms with Crippen molar-refractivity contribution in [3.63, 3.8) is 0 Å². The molecule has 0 aliphatic carbocycles. The van der Waals surface area contributed by atoms with Crippen LogP contribution in [-0.2, 0) is 9.53 Å². The van der Waals surface area contributed by atoms with Gasteiger partial charge in [0, 0.05) is 11.3 Å². The molecule has 1 aliphatic heterocycles. The first kappa shape index (κ1) is 19.4. The van der Waals surface area contributed by atoms with Gasteiger partial charge in [-0.25, -0.2) is 13.9 Å². The highest BCUT2D eigenvalue weighted by molar-refractivity contribution is 6.05. The maximum atomic E-state index is 13.3. The van der Waals surface area contributed by atoms with Gasteiger partial charge >= 0.3 is 5.97 Å². The minimum absolute atomic E-state index is 0.222. The highest BCUT2D eigenvalue weighted by atomic mass is 19.1. The van der Waals surface area contributed by atoms with Crippen molar-refractivity contribution in [3.8, 4) is 5.69 Å². The summed E-state index contributed by atoms with van der Waals surface area (Å²) < 4.78 is 20.1. The van der Waals surface area contributed by atoms with Gasteiger partial charge in [-0.05, 0) is 56.3 Å². The van der Waals surface area contributed by atoms with Crippen LogP contribution in [0.25, 0.3) is 11.8 Å². The first-order valence-electron chi connectivity index (χ1n) is 9.47. The number of nitrogens with one attached hydrogen (secondary N) is 2. The molecule has 2 N–H and O–H groups in total. The lowest BCUT2D eigenvalue weighted by atomic mass is 10.2. The van der Waals surface area contributed by atoms with Gasteiger partial charge in [0.05, 0.1) is 18.0 Å². The number of nitrogens with zero attached hydrogens (tertiary/aromatic N) is 3. The molecule has 0 spiro atoms. The van der Waals surface area contributed by atoms with E-state index in [-0.39, 0.29) is 24.1 Å². The number of aliphatic imine (C=N–C) groups is 1. The fraction of sp³-hybridized carbons (Fsp3) is 0.136. The molecule has 0 unspecified atom stereocenters. The van der Waals surface area contributed by atoms with Gasteiger partial charge in [-0.3, -0.25) is 0 Å². The summed E-state index contributed by atoms with van der Waals surface area (Å²) in [5.74, 6) is -0.0128. The zero-order valence-corrected chi connectivity index (χ0v) is 16.5. The maximum absolute atomic E-state index is 13.3. The number of ether oxygens (including phenoxy) is 1.